The Labute approximate surface area is 162 Å². The fraction of sp³-hybridized carbons (Fsp3) is 0.500. The molecule has 3 amide bonds. The molecule has 1 fully saturated rings. The van der Waals surface area contributed by atoms with Crippen molar-refractivity contribution in [3.63, 3.8) is 0 Å². The number of hydrogen-bond donors (Lipinski definition) is 2. The number of nitrogens with one attached hydrogen (secondary N) is 2. The van der Waals surface area contributed by atoms with Crippen LogP contribution >= 0.6 is 11.8 Å². The molecule has 0 bridgehead atoms. The topological polar surface area (TPSA) is 102 Å². The first-order valence-electron chi connectivity index (χ1n) is 9.12. The largest absolute Gasteiger partial charge is 0.335 e. The summed E-state index contributed by atoms with van der Waals surface area (Å²) in [7, 11) is 0. The van der Waals surface area contributed by atoms with E-state index in [0.29, 0.717) is 5.16 Å². The Balaban J connectivity index is 1.54. The Morgan fingerprint density at radius 3 is 2.78 bits per heavy atom. The van der Waals surface area contributed by atoms with Crippen LogP contribution in [-0.2, 0) is 4.79 Å². The molecule has 1 heterocycles. The molecule has 8 nitrogen and oxygen atoms in total. The summed E-state index contributed by atoms with van der Waals surface area (Å²) in [5, 5.41) is 17.5. The van der Waals surface area contributed by atoms with E-state index in [1.165, 1.54) is 18.2 Å². The summed E-state index contributed by atoms with van der Waals surface area (Å²) in [5.74, 6) is -0.313. The second-order valence-electron chi connectivity index (χ2n) is 6.81. The molecule has 27 heavy (non-hydrogen) atoms. The van der Waals surface area contributed by atoms with Gasteiger partial charge in [-0.3, -0.25) is 10.1 Å². The standard InChI is InChI=1S/C18H24N6O2S/c1-12-8-9-13(2)15(10-12)24-18(21-22-23-24)27-11-16(25)20-17(26)19-14-6-4-3-5-7-14/h8-10,14H,3-7,11H2,1-2H3,(H2,19,20,25,26). The zero-order valence-corrected chi connectivity index (χ0v) is 16.4. The zero-order chi connectivity index (χ0) is 19.2. The van der Waals surface area contributed by atoms with E-state index in [1.54, 1.807) is 4.68 Å². The van der Waals surface area contributed by atoms with Gasteiger partial charge in [0.1, 0.15) is 0 Å². The number of imide groups is 1. The Morgan fingerprint density at radius 2 is 2.00 bits per heavy atom. The van der Waals surface area contributed by atoms with Crippen LogP contribution in [0.3, 0.4) is 0 Å². The molecule has 1 aromatic heterocycles. The van der Waals surface area contributed by atoms with E-state index < -0.39 is 6.03 Å². The van der Waals surface area contributed by atoms with Gasteiger partial charge in [0.2, 0.25) is 11.1 Å². The van der Waals surface area contributed by atoms with Gasteiger partial charge >= 0.3 is 6.03 Å². The van der Waals surface area contributed by atoms with Crippen molar-refractivity contribution in [3.8, 4) is 5.69 Å². The highest BCUT2D eigenvalue weighted by atomic mass is 32.2. The second kappa shape index (κ2) is 8.98. The molecule has 0 unspecified atom stereocenters. The summed E-state index contributed by atoms with van der Waals surface area (Å²) >= 11 is 1.19. The Hall–Kier alpha value is -2.42. The Bertz CT molecular complexity index is 816. The number of tetrazole rings is 1. The number of nitrogens with zero attached hydrogens (tertiary/aromatic N) is 4. The van der Waals surface area contributed by atoms with Gasteiger partial charge in [-0.2, -0.15) is 4.68 Å². The van der Waals surface area contributed by atoms with Gasteiger partial charge in [0, 0.05) is 6.04 Å². The molecule has 9 heteroatoms. The first-order chi connectivity index (χ1) is 13.0. The summed E-state index contributed by atoms with van der Waals surface area (Å²) in [5.41, 5.74) is 3.00. The third-order valence-electron chi connectivity index (χ3n) is 4.56. The van der Waals surface area contributed by atoms with Crippen LogP contribution in [-0.4, -0.2) is 43.9 Å². The van der Waals surface area contributed by atoms with Gasteiger partial charge in [0.25, 0.3) is 0 Å². The lowest BCUT2D eigenvalue weighted by atomic mass is 9.96. The maximum absolute atomic E-state index is 12.1. The third-order valence-corrected chi connectivity index (χ3v) is 5.48. The van der Waals surface area contributed by atoms with Crippen molar-refractivity contribution in [3.05, 3.63) is 29.3 Å². The van der Waals surface area contributed by atoms with Crippen LogP contribution in [0.5, 0.6) is 0 Å². The van der Waals surface area contributed by atoms with Crippen molar-refractivity contribution in [1.82, 2.24) is 30.8 Å². The van der Waals surface area contributed by atoms with Crippen molar-refractivity contribution in [1.29, 1.82) is 0 Å². The number of aryl methyl sites for hydroxylation is 2. The average molecular weight is 388 g/mol. The number of amides is 3. The number of aromatic nitrogens is 4. The van der Waals surface area contributed by atoms with Gasteiger partial charge in [-0.1, -0.05) is 43.2 Å². The smallest absolute Gasteiger partial charge is 0.321 e. The fourth-order valence-corrected chi connectivity index (χ4v) is 3.81. The SMILES string of the molecule is Cc1ccc(C)c(-n2nnnc2SCC(=O)NC(=O)NC2CCCCC2)c1. The summed E-state index contributed by atoms with van der Waals surface area (Å²) in [6.07, 6.45) is 5.40. The number of benzene rings is 1. The van der Waals surface area contributed by atoms with Crippen molar-refractivity contribution in [2.45, 2.75) is 57.1 Å². The molecule has 2 N–H and O–H groups in total. The van der Waals surface area contributed by atoms with Gasteiger partial charge in [-0.05, 0) is 54.3 Å². The van der Waals surface area contributed by atoms with Crippen LogP contribution in [0.4, 0.5) is 4.79 Å². The Kier molecular flexibility index (Phi) is 6.44. The van der Waals surface area contributed by atoms with Crippen molar-refractivity contribution >= 4 is 23.7 Å². The lowest BCUT2D eigenvalue weighted by Crippen LogP contribution is -2.45. The molecule has 3 rings (SSSR count). The molecule has 144 valence electrons. The lowest BCUT2D eigenvalue weighted by molar-refractivity contribution is -0.117. The summed E-state index contributed by atoms with van der Waals surface area (Å²) in [6, 6.07) is 5.75. The van der Waals surface area contributed by atoms with Gasteiger partial charge in [0.05, 0.1) is 11.4 Å². The highest BCUT2D eigenvalue weighted by molar-refractivity contribution is 7.99. The number of carbonyl (C=O) groups is 2. The summed E-state index contributed by atoms with van der Waals surface area (Å²) in [4.78, 5) is 24.0. The van der Waals surface area contributed by atoms with E-state index >= 15 is 0 Å². The molecule has 1 aromatic carbocycles. The summed E-state index contributed by atoms with van der Waals surface area (Å²) < 4.78 is 1.61. The minimum absolute atomic E-state index is 0.0589. The first-order valence-corrected chi connectivity index (χ1v) is 10.1. The third kappa shape index (κ3) is 5.29. The normalized spacial score (nSPS) is 14.7. The number of rotatable bonds is 5. The quantitative estimate of drug-likeness (QED) is 0.763. The monoisotopic (exact) mass is 388 g/mol. The second-order valence-corrected chi connectivity index (χ2v) is 7.75. The molecule has 2 aromatic rings. The predicted molar refractivity (Wildman–Crippen MR) is 103 cm³/mol. The van der Waals surface area contributed by atoms with E-state index in [1.807, 2.05) is 32.0 Å². The molecule has 0 spiro atoms. The van der Waals surface area contributed by atoms with Gasteiger partial charge in [-0.15, -0.1) is 5.10 Å². The molecule has 0 saturated heterocycles. The van der Waals surface area contributed by atoms with Crippen molar-refractivity contribution < 1.29 is 9.59 Å². The number of carbonyl (C=O) groups excluding carboxylic acids is 2. The Morgan fingerprint density at radius 1 is 1.22 bits per heavy atom. The molecule has 0 aliphatic heterocycles. The molecule has 0 radical (unpaired) electrons. The lowest BCUT2D eigenvalue weighted by Gasteiger charge is -2.22. The van der Waals surface area contributed by atoms with Crippen LogP contribution in [0.2, 0.25) is 0 Å². The van der Waals surface area contributed by atoms with Crippen LogP contribution in [0.1, 0.15) is 43.2 Å². The number of hydrogen-bond acceptors (Lipinski definition) is 6. The van der Waals surface area contributed by atoms with Crippen LogP contribution < -0.4 is 10.6 Å². The van der Waals surface area contributed by atoms with Crippen molar-refractivity contribution in [2.24, 2.45) is 0 Å². The van der Waals surface area contributed by atoms with E-state index in [0.717, 1.165) is 42.5 Å². The maximum atomic E-state index is 12.1. The van der Waals surface area contributed by atoms with Gasteiger partial charge in [0.15, 0.2) is 0 Å². The molecule has 1 aliphatic carbocycles. The number of urea groups is 1. The first kappa shape index (κ1) is 19.3. The molecule has 1 saturated carbocycles. The highest BCUT2D eigenvalue weighted by Gasteiger charge is 2.18. The fourth-order valence-electron chi connectivity index (χ4n) is 3.13. The minimum atomic E-state index is -0.429. The van der Waals surface area contributed by atoms with E-state index in [4.69, 9.17) is 0 Å². The number of thioether (sulfide) groups is 1. The maximum Gasteiger partial charge on any atom is 0.321 e. The van der Waals surface area contributed by atoms with Gasteiger partial charge < -0.3 is 5.32 Å². The molecule has 0 atom stereocenters. The van der Waals surface area contributed by atoms with Crippen molar-refractivity contribution in [2.75, 3.05) is 5.75 Å². The van der Waals surface area contributed by atoms with Crippen LogP contribution in [0, 0.1) is 13.8 Å². The molecular formula is C18H24N6O2S. The van der Waals surface area contributed by atoms with Crippen LogP contribution in [0.15, 0.2) is 23.4 Å². The van der Waals surface area contributed by atoms with E-state index in [2.05, 4.69) is 26.2 Å². The van der Waals surface area contributed by atoms with E-state index in [9.17, 15) is 9.59 Å². The van der Waals surface area contributed by atoms with Gasteiger partial charge in [-0.25, -0.2) is 4.79 Å². The minimum Gasteiger partial charge on any atom is -0.335 e. The molecule has 1 aliphatic rings. The predicted octanol–water partition coefficient (Wildman–Crippen LogP) is 2.53. The van der Waals surface area contributed by atoms with E-state index in [-0.39, 0.29) is 17.7 Å². The average Bonchev–Trinajstić information content (AvgIpc) is 3.11. The molecular weight excluding hydrogens is 364 g/mol. The summed E-state index contributed by atoms with van der Waals surface area (Å²) in [6.45, 7) is 3.98. The zero-order valence-electron chi connectivity index (χ0n) is 15.6. The highest BCUT2D eigenvalue weighted by Crippen LogP contribution is 2.21. The van der Waals surface area contributed by atoms with Crippen LogP contribution in [0.25, 0.3) is 5.69 Å².